The van der Waals surface area contributed by atoms with Crippen LogP contribution in [0.3, 0.4) is 0 Å². The lowest BCUT2D eigenvalue weighted by atomic mass is 10.1. The van der Waals surface area contributed by atoms with Crippen LogP contribution in [0.5, 0.6) is 11.5 Å². The molecule has 3 aromatic rings. The average molecular weight is 454 g/mol. The van der Waals surface area contributed by atoms with Crippen molar-refractivity contribution in [3.63, 3.8) is 0 Å². The van der Waals surface area contributed by atoms with Crippen LogP contribution in [0.2, 0.25) is 0 Å². The molecule has 1 unspecified atom stereocenters. The number of rotatable bonds is 7. The molecule has 0 radical (unpaired) electrons. The number of nitrogens with zero attached hydrogens (tertiary/aromatic N) is 2. The van der Waals surface area contributed by atoms with Crippen LogP contribution < -0.4 is 19.7 Å². The summed E-state index contributed by atoms with van der Waals surface area (Å²) < 4.78 is 10.7. The number of ether oxygens (including phenoxy) is 2. The highest BCUT2D eigenvalue weighted by Crippen LogP contribution is 2.36. The fourth-order valence-electron chi connectivity index (χ4n) is 3.91. The molecule has 2 heterocycles. The number of carbonyl (C=O) groups excluding carboxylic acids is 1. The summed E-state index contributed by atoms with van der Waals surface area (Å²) in [4.78, 5) is 19.6. The number of aliphatic hydroxyl groups is 1. The SMILES string of the molecule is COc1ccc(-c2csc(N3CC(O)C[C@H]3C(=O)NCc3ccccc3C)n2)cc1OC. The van der Waals surface area contributed by atoms with Gasteiger partial charge in [-0.2, -0.15) is 0 Å². The minimum atomic E-state index is -0.572. The maximum absolute atomic E-state index is 13.0. The first kappa shape index (κ1) is 22.1. The van der Waals surface area contributed by atoms with Gasteiger partial charge in [-0.3, -0.25) is 4.79 Å². The van der Waals surface area contributed by atoms with Crippen LogP contribution in [0.1, 0.15) is 17.5 Å². The molecule has 2 aromatic carbocycles. The number of anilines is 1. The van der Waals surface area contributed by atoms with Crippen LogP contribution in [0.25, 0.3) is 11.3 Å². The van der Waals surface area contributed by atoms with Gasteiger partial charge in [0, 0.05) is 30.5 Å². The molecule has 1 saturated heterocycles. The Balaban J connectivity index is 1.50. The monoisotopic (exact) mass is 453 g/mol. The molecule has 1 aromatic heterocycles. The normalized spacial score (nSPS) is 17.9. The molecule has 0 spiro atoms. The topological polar surface area (TPSA) is 83.9 Å². The molecule has 0 bridgehead atoms. The van der Waals surface area contributed by atoms with Crippen LogP contribution in [-0.2, 0) is 11.3 Å². The second-order valence-electron chi connectivity index (χ2n) is 7.79. The van der Waals surface area contributed by atoms with E-state index in [4.69, 9.17) is 14.5 Å². The maximum atomic E-state index is 13.0. The Hall–Kier alpha value is -3.10. The minimum Gasteiger partial charge on any atom is -0.493 e. The third-order valence-corrected chi connectivity index (χ3v) is 6.59. The molecule has 1 aliphatic rings. The number of aliphatic hydroxyl groups excluding tert-OH is 1. The second-order valence-corrected chi connectivity index (χ2v) is 8.62. The summed E-state index contributed by atoms with van der Waals surface area (Å²) >= 11 is 1.46. The van der Waals surface area contributed by atoms with Crippen molar-refractivity contribution in [3.8, 4) is 22.8 Å². The number of β-amino-alcohol motifs (C(OH)–C–C–N with tert-alkyl or cyclic N) is 1. The highest BCUT2D eigenvalue weighted by Gasteiger charge is 2.37. The van der Waals surface area contributed by atoms with Crippen molar-refractivity contribution < 1.29 is 19.4 Å². The molecular formula is C24H27N3O4S. The van der Waals surface area contributed by atoms with Crippen molar-refractivity contribution in [2.24, 2.45) is 0 Å². The van der Waals surface area contributed by atoms with E-state index in [0.29, 0.717) is 36.1 Å². The van der Waals surface area contributed by atoms with Crippen LogP contribution in [0, 0.1) is 6.92 Å². The molecule has 7 nitrogen and oxygen atoms in total. The van der Waals surface area contributed by atoms with Crippen molar-refractivity contribution >= 4 is 22.4 Å². The molecule has 1 fully saturated rings. The lowest BCUT2D eigenvalue weighted by molar-refractivity contribution is -0.122. The summed E-state index contributed by atoms with van der Waals surface area (Å²) in [6.07, 6.45) is -0.192. The lowest BCUT2D eigenvalue weighted by Crippen LogP contribution is -2.43. The Morgan fingerprint density at radius 1 is 1.22 bits per heavy atom. The number of methoxy groups -OCH3 is 2. The third-order valence-electron chi connectivity index (χ3n) is 5.71. The van der Waals surface area contributed by atoms with Crippen LogP contribution in [0.15, 0.2) is 47.8 Å². The number of aryl methyl sites for hydroxylation is 1. The van der Waals surface area contributed by atoms with Gasteiger partial charge in [0.25, 0.3) is 0 Å². The number of hydrogen-bond acceptors (Lipinski definition) is 7. The van der Waals surface area contributed by atoms with E-state index in [9.17, 15) is 9.90 Å². The number of hydrogen-bond donors (Lipinski definition) is 2. The minimum absolute atomic E-state index is 0.104. The number of carbonyl (C=O) groups is 1. The van der Waals surface area contributed by atoms with Crippen LogP contribution in [-0.4, -0.2) is 48.9 Å². The van der Waals surface area contributed by atoms with Gasteiger partial charge in [0.05, 0.1) is 26.0 Å². The molecule has 0 aliphatic carbocycles. The molecule has 1 amide bonds. The first-order chi connectivity index (χ1) is 15.5. The van der Waals surface area contributed by atoms with Gasteiger partial charge in [0.1, 0.15) is 6.04 Å². The Morgan fingerprint density at radius 3 is 2.75 bits per heavy atom. The molecule has 1 aliphatic heterocycles. The molecule has 168 valence electrons. The molecule has 32 heavy (non-hydrogen) atoms. The van der Waals surface area contributed by atoms with Crippen LogP contribution >= 0.6 is 11.3 Å². The number of aromatic nitrogens is 1. The summed E-state index contributed by atoms with van der Waals surface area (Å²) in [7, 11) is 3.20. The van der Waals surface area contributed by atoms with Gasteiger partial charge >= 0.3 is 0 Å². The van der Waals surface area contributed by atoms with E-state index in [0.717, 1.165) is 22.4 Å². The maximum Gasteiger partial charge on any atom is 0.243 e. The fraction of sp³-hybridized carbons (Fsp3) is 0.333. The highest BCUT2D eigenvalue weighted by atomic mass is 32.1. The zero-order valence-electron chi connectivity index (χ0n) is 18.4. The summed E-state index contributed by atoms with van der Waals surface area (Å²) in [5.74, 6) is 1.18. The number of nitrogens with one attached hydrogen (secondary N) is 1. The second kappa shape index (κ2) is 9.58. The Morgan fingerprint density at radius 2 is 2.00 bits per heavy atom. The van der Waals surface area contributed by atoms with Gasteiger partial charge < -0.3 is 24.8 Å². The Labute approximate surface area is 191 Å². The number of benzene rings is 2. The van der Waals surface area contributed by atoms with Crippen molar-refractivity contribution in [1.29, 1.82) is 0 Å². The van der Waals surface area contributed by atoms with E-state index < -0.39 is 12.1 Å². The quantitative estimate of drug-likeness (QED) is 0.571. The van der Waals surface area contributed by atoms with Gasteiger partial charge in [-0.1, -0.05) is 24.3 Å². The molecule has 4 rings (SSSR count). The predicted octanol–water partition coefficient (Wildman–Crippen LogP) is 3.39. The Kier molecular flexibility index (Phi) is 6.62. The predicted molar refractivity (Wildman–Crippen MR) is 125 cm³/mol. The fourth-order valence-corrected chi connectivity index (χ4v) is 4.80. The summed E-state index contributed by atoms with van der Waals surface area (Å²) in [6, 6.07) is 13.2. The van der Waals surface area contributed by atoms with E-state index in [-0.39, 0.29) is 5.91 Å². The van der Waals surface area contributed by atoms with Gasteiger partial charge in [-0.15, -0.1) is 11.3 Å². The summed E-state index contributed by atoms with van der Waals surface area (Å²) in [5.41, 5.74) is 3.89. The smallest absolute Gasteiger partial charge is 0.243 e. The Bertz CT molecular complexity index is 1100. The number of amides is 1. The zero-order valence-corrected chi connectivity index (χ0v) is 19.2. The van der Waals surface area contributed by atoms with Crippen molar-refractivity contribution in [1.82, 2.24) is 10.3 Å². The van der Waals surface area contributed by atoms with Crippen molar-refractivity contribution in [2.75, 3.05) is 25.7 Å². The van der Waals surface area contributed by atoms with Gasteiger partial charge in [0.2, 0.25) is 5.91 Å². The van der Waals surface area contributed by atoms with E-state index in [2.05, 4.69) is 5.32 Å². The van der Waals surface area contributed by atoms with Gasteiger partial charge in [0.15, 0.2) is 16.6 Å². The van der Waals surface area contributed by atoms with Gasteiger partial charge in [-0.05, 0) is 36.2 Å². The standard InChI is InChI=1S/C24H27N3O4S/c1-15-6-4-5-7-17(15)12-25-23(29)20-11-18(28)13-27(20)24-26-19(14-32-24)16-8-9-21(30-2)22(10-16)31-3/h4-10,14,18,20,28H,11-13H2,1-3H3,(H,25,29)/t18?,20-/m0/s1. The molecule has 8 heteroatoms. The van der Waals surface area contributed by atoms with E-state index >= 15 is 0 Å². The highest BCUT2D eigenvalue weighted by molar-refractivity contribution is 7.14. The van der Waals surface area contributed by atoms with Gasteiger partial charge in [-0.25, -0.2) is 4.98 Å². The average Bonchev–Trinajstić information content (AvgIpc) is 3.44. The van der Waals surface area contributed by atoms with Crippen molar-refractivity contribution in [2.45, 2.75) is 32.0 Å². The van der Waals surface area contributed by atoms with E-state index in [1.165, 1.54) is 11.3 Å². The first-order valence-electron chi connectivity index (χ1n) is 10.4. The third kappa shape index (κ3) is 4.56. The lowest BCUT2D eigenvalue weighted by Gasteiger charge is -2.23. The van der Waals surface area contributed by atoms with E-state index in [1.54, 1.807) is 14.2 Å². The van der Waals surface area contributed by atoms with Crippen LogP contribution in [0.4, 0.5) is 5.13 Å². The zero-order chi connectivity index (χ0) is 22.7. The summed E-state index contributed by atoms with van der Waals surface area (Å²) in [5, 5.41) is 16.0. The molecule has 0 saturated carbocycles. The van der Waals surface area contributed by atoms with E-state index in [1.807, 2.05) is 59.7 Å². The number of thiazole rings is 1. The molecule has 2 atom stereocenters. The largest absolute Gasteiger partial charge is 0.493 e. The van der Waals surface area contributed by atoms with Crippen molar-refractivity contribution in [3.05, 3.63) is 59.0 Å². The molecule has 2 N–H and O–H groups in total. The molecular weight excluding hydrogens is 426 g/mol. The first-order valence-corrected chi connectivity index (χ1v) is 11.3. The summed E-state index contributed by atoms with van der Waals surface area (Å²) in [6.45, 7) is 2.86.